The number of rotatable bonds is 2. The van der Waals surface area contributed by atoms with E-state index in [2.05, 4.69) is 4.90 Å². The molecule has 1 atom stereocenters. The fraction of sp³-hybridized carbons (Fsp3) is 0.538. The van der Waals surface area contributed by atoms with Gasteiger partial charge in [0.05, 0.1) is 6.10 Å². The number of nitrogens with zero attached hydrogens (tertiary/aromatic N) is 1. The van der Waals surface area contributed by atoms with Gasteiger partial charge in [0.25, 0.3) is 0 Å². The van der Waals surface area contributed by atoms with Gasteiger partial charge >= 0.3 is 0 Å². The van der Waals surface area contributed by atoms with Crippen LogP contribution in [0.3, 0.4) is 0 Å². The Balaban J connectivity index is 1.79. The average molecular weight is 250 g/mol. The zero-order valence-electron chi connectivity index (χ0n) is 10.3. The lowest BCUT2D eigenvalue weighted by Crippen LogP contribution is -2.22. The van der Waals surface area contributed by atoms with Crippen LogP contribution in [0, 0.1) is 0 Å². The first-order valence-corrected chi connectivity index (χ1v) is 6.31. The first-order valence-electron chi connectivity index (χ1n) is 6.31. The van der Waals surface area contributed by atoms with Crippen LogP contribution in [0.25, 0.3) is 0 Å². The number of anilines is 1. The van der Waals surface area contributed by atoms with Crippen molar-refractivity contribution in [2.75, 3.05) is 32.0 Å². The number of hydrogen-bond donors (Lipinski definition) is 2. The second kappa shape index (κ2) is 4.66. The van der Waals surface area contributed by atoms with Crippen molar-refractivity contribution in [2.24, 2.45) is 0 Å². The normalized spacial score (nSPS) is 23.3. The highest BCUT2D eigenvalue weighted by Crippen LogP contribution is 2.35. The Kier molecular flexibility index (Phi) is 3.01. The third-order valence-electron chi connectivity index (χ3n) is 3.45. The lowest BCUT2D eigenvalue weighted by atomic mass is 10.1. The quantitative estimate of drug-likeness (QED) is 0.753. The van der Waals surface area contributed by atoms with Crippen molar-refractivity contribution >= 4 is 5.69 Å². The Morgan fingerprint density at radius 1 is 1.28 bits per heavy atom. The van der Waals surface area contributed by atoms with Gasteiger partial charge in [-0.25, -0.2) is 0 Å². The summed E-state index contributed by atoms with van der Waals surface area (Å²) >= 11 is 0. The Morgan fingerprint density at radius 3 is 2.67 bits per heavy atom. The minimum Gasteiger partial charge on any atom is -0.486 e. The molecule has 18 heavy (non-hydrogen) atoms. The van der Waals surface area contributed by atoms with Crippen molar-refractivity contribution in [1.82, 2.24) is 4.90 Å². The van der Waals surface area contributed by atoms with Crippen molar-refractivity contribution in [1.29, 1.82) is 0 Å². The van der Waals surface area contributed by atoms with Gasteiger partial charge in [-0.3, -0.25) is 4.90 Å². The van der Waals surface area contributed by atoms with Crippen LogP contribution in [0.4, 0.5) is 5.69 Å². The van der Waals surface area contributed by atoms with E-state index in [-0.39, 0.29) is 6.10 Å². The second-order valence-corrected chi connectivity index (χ2v) is 4.87. The highest BCUT2D eigenvalue weighted by Gasteiger charge is 2.22. The lowest BCUT2D eigenvalue weighted by molar-refractivity contribution is 0.170. The molecule has 1 aromatic rings. The number of aliphatic hydroxyl groups is 1. The van der Waals surface area contributed by atoms with E-state index in [1.807, 2.05) is 12.1 Å². The molecule has 2 aliphatic heterocycles. The van der Waals surface area contributed by atoms with E-state index < -0.39 is 0 Å². The minimum absolute atomic E-state index is 0.205. The molecule has 0 spiro atoms. The molecule has 0 saturated carbocycles. The molecule has 2 aliphatic rings. The molecule has 3 N–H and O–H groups in total. The molecule has 1 unspecified atom stereocenters. The van der Waals surface area contributed by atoms with Gasteiger partial charge in [0.15, 0.2) is 11.5 Å². The highest BCUT2D eigenvalue weighted by atomic mass is 16.6. The topological polar surface area (TPSA) is 68.0 Å². The minimum atomic E-state index is -0.205. The number of benzene rings is 1. The zero-order valence-corrected chi connectivity index (χ0v) is 10.3. The standard InChI is InChI=1S/C13H18N2O3/c14-11-6-13-12(17-3-4-18-13)5-9(11)7-15-2-1-10(16)8-15/h5-6,10,16H,1-4,7-8,14H2. The van der Waals surface area contributed by atoms with Gasteiger partial charge in [-0.2, -0.15) is 0 Å². The van der Waals surface area contributed by atoms with Crippen molar-refractivity contribution in [2.45, 2.75) is 19.1 Å². The van der Waals surface area contributed by atoms with E-state index in [1.54, 1.807) is 0 Å². The molecule has 1 saturated heterocycles. The molecule has 1 fully saturated rings. The monoisotopic (exact) mass is 250 g/mol. The van der Waals surface area contributed by atoms with Crippen LogP contribution in [0.15, 0.2) is 12.1 Å². The Labute approximate surface area is 106 Å². The average Bonchev–Trinajstić information content (AvgIpc) is 2.76. The Bertz CT molecular complexity index is 450. The number of likely N-dealkylation sites (tertiary alicyclic amines) is 1. The molecule has 1 aromatic carbocycles. The van der Waals surface area contributed by atoms with Crippen LogP contribution in [0.2, 0.25) is 0 Å². The van der Waals surface area contributed by atoms with Gasteiger partial charge < -0.3 is 20.3 Å². The summed E-state index contributed by atoms with van der Waals surface area (Å²) in [6.07, 6.45) is 0.633. The van der Waals surface area contributed by atoms with Gasteiger partial charge in [-0.1, -0.05) is 0 Å². The van der Waals surface area contributed by atoms with Crippen LogP contribution in [-0.2, 0) is 6.54 Å². The number of aliphatic hydroxyl groups excluding tert-OH is 1. The largest absolute Gasteiger partial charge is 0.486 e. The summed E-state index contributed by atoms with van der Waals surface area (Å²) in [5, 5.41) is 9.52. The number of nitrogens with two attached hydrogens (primary N) is 1. The summed E-state index contributed by atoms with van der Waals surface area (Å²) in [4.78, 5) is 2.20. The molecule has 0 bridgehead atoms. The van der Waals surface area contributed by atoms with E-state index in [0.717, 1.165) is 42.3 Å². The molecule has 5 heteroatoms. The van der Waals surface area contributed by atoms with Crippen LogP contribution in [0.1, 0.15) is 12.0 Å². The molecule has 0 aromatic heterocycles. The number of nitrogen functional groups attached to an aromatic ring is 1. The maximum atomic E-state index is 9.52. The van der Waals surface area contributed by atoms with Crippen molar-refractivity contribution < 1.29 is 14.6 Å². The Hall–Kier alpha value is -1.46. The van der Waals surface area contributed by atoms with Gasteiger partial charge in [-0.05, 0) is 18.1 Å². The zero-order chi connectivity index (χ0) is 12.5. The SMILES string of the molecule is Nc1cc2c(cc1CN1CCC(O)C1)OCCO2. The van der Waals surface area contributed by atoms with Gasteiger partial charge in [0.2, 0.25) is 0 Å². The van der Waals surface area contributed by atoms with Crippen molar-refractivity contribution in [3.05, 3.63) is 17.7 Å². The van der Waals surface area contributed by atoms with Crippen molar-refractivity contribution in [3.63, 3.8) is 0 Å². The molecule has 2 heterocycles. The number of β-amino-alcohol motifs (C(OH)–C–C–N with tert-alkyl or cyclic N) is 1. The van der Waals surface area contributed by atoms with Crippen molar-refractivity contribution in [3.8, 4) is 11.5 Å². The molecule has 0 amide bonds. The summed E-state index contributed by atoms with van der Waals surface area (Å²) in [5.41, 5.74) is 7.79. The maximum absolute atomic E-state index is 9.52. The number of hydrogen-bond acceptors (Lipinski definition) is 5. The molecular formula is C13H18N2O3. The summed E-state index contributed by atoms with van der Waals surface area (Å²) in [6, 6.07) is 3.78. The maximum Gasteiger partial charge on any atom is 0.163 e. The van der Waals surface area contributed by atoms with E-state index in [1.165, 1.54) is 0 Å². The molecule has 98 valence electrons. The Morgan fingerprint density at radius 2 is 2.00 bits per heavy atom. The van der Waals surface area contributed by atoms with Gasteiger partial charge in [0.1, 0.15) is 13.2 Å². The van der Waals surface area contributed by atoms with E-state index in [9.17, 15) is 5.11 Å². The second-order valence-electron chi connectivity index (χ2n) is 4.87. The van der Waals surface area contributed by atoms with Crippen LogP contribution >= 0.6 is 0 Å². The fourth-order valence-corrected chi connectivity index (χ4v) is 2.48. The number of fused-ring (bicyclic) bond motifs is 1. The molecule has 0 radical (unpaired) electrons. The third-order valence-corrected chi connectivity index (χ3v) is 3.45. The smallest absolute Gasteiger partial charge is 0.163 e. The first kappa shape index (κ1) is 11.6. The summed E-state index contributed by atoms with van der Waals surface area (Å²) in [7, 11) is 0. The van der Waals surface area contributed by atoms with Gasteiger partial charge in [-0.15, -0.1) is 0 Å². The van der Waals surface area contributed by atoms with E-state index in [0.29, 0.717) is 19.8 Å². The van der Waals surface area contributed by atoms with E-state index in [4.69, 9.17) is 15.2 Å². The lowest BCUT2D eigenvalue weighted by Gasteiger charge is -2.22. The third kappa shape index (κ3) is 2.23. The predicted octanol–water partition coefficient (Wildman–Crippen LogP) is 0.607. The van der Waals surface area contributed by atoms with E-state index >= 15 is 0 Å². The fourth-order valence-electron chi connectivity index (χ4n) is 2.48. The first-order chi connectivity index (χ1) is 8.72. The van der Waals surface area contributed by atoms with Crippen LogP contribution in [0.5, 0.6) is 11.5 Å². The molecule has 0 aliphatic carbocycles. The van der Waals surface area contributed by atoms with Crippen LogP contribution in [-0.4, -0.2) is 42.4 Å². The number of ether oxygens (including phenoxy) is 2. The molecular weight excluding hydrogens is 232 g/mol. The summed E-state index contributed by atoms with van der Waals surface area (Å²) < 4.78 is 11.0. The highest BCUT2D eigenvalue weighted by molar-refractivity contribution is 5.58. The summed E-state index contributed by atoms with van der Waals surface area (Å²) in [6.45, 7) is 3.53. The predicted molar refractivity (Wildman–Crippen MR) is 67.7 cm³/mol. The summed E-state index contributed by atoms with van der Waals surface area (Å²) in [5.74, 6) is 1.49. The molecule has 3 rings (SSSR count). The molecule has 5 nitrogen and oxygen atoms in total. The van der Waals surface area contributed by atoms with Gasteiger partial charge in [0, 0.05) is 31.4 Å². The van der Waals surface area contributed by atoms with Crippen LogP contribution < -0.4 is 15.2 Å².